The first-order valence-electron chi connectivity index (χ1n) is 9.67. The third kappa shape index (κ3) is 3.01. The highest BCUT2D eigenvalue weighted by atomic mass is 19.2. The maximum Gasteiger partial charge on any atom is 0.164 e. The molecule has 7 nitrogen and oxygen atoms in total. The summed E-state index contributed by atoms with van der Waals surface area (Å²) >= 11 is 0. The Balaban J connectivity index is 1.54. The van der Waals surface area contributed by atoms with Gasteiger partial charge in [0.25, 0.3) is 0 Å². The van der Waals surface area contributed by atoms with E-state index in [1.807, 2.05) is 23.8 Å². The van der Waals surface area contributed by atoms with Gasteiger partial charge in [0.05, 0.1) is 5.69 Å². The fourth-order valence-electron chi connectivity index (χ4n) is 4.27. The van der Waals surface area contributed by atoms with Crippen LogP contribution in [0.2, 0.25) is 0 Å². The number of aromatic nitrogens is 3. The van der Waals surface area contributed by atoms with Gasteiger partial charge in [0.15, 0.2) is 23.6 Å². The quantitative estimate of drug-likeness (QED) is 0.705. The number of benzene rings is 1. The van der Waals surface area contributed by atoms with Crippen LogP contribution in [-0.2, 0) is 14.2 Å². The number of nitrogens with zero attached hydrogens (tertiary/aromatic N) is 3. The van der Waals surface area contributed by atoms with E-state index < -0.39 is 48.1 Å². The molecule has 5 rings (SSSR count). The minimum atomic E-state index is -1.24. The highest BCUT2D eigenvalue weighted by molar-refractivity contribution is 5.78. The first-order valence-corrected chi connectivity index (χ1v) is 9.67. The zero-order valence-electron chi connectivity index (χ0n) is 16.6. The van der Waals surface area contributed by atoms with E-state index in [4.69, 9.17) is 14.2 Å². The van der Waals surface area contributed by atoms with Gasteiger partial charge in [-0.1, -0.05) is 6.07 Å². The highest BCUT2D eigenvalue weighted by Crippen LogP contribution is 2.47. The largest absolute Gasteiger partial charge is 0.386 e. The van der Waals surface area contributed by atoms with E-state index in [0.717, 1.165) is 23.2 Å². The summed E-state index contributed by atoms with van der Waals surface area (Å²) in [5.74, 6) is -2.91. The van der Waals surface area contributed by atoms with Crippen molar-refractivity contribution in [3.05, 3.63) is 59.7 Å². The Hall–Kier alpha value is -2.46. The smallest absolute Gasteiger partial charge is 0.164 e. The molecule has 2 aromatic heterocycles. The molecule has 0 saturated carbocycles. The summed E-state index contributed by atoms with van der Waals surface area (Å²) < 4.78 is 47.2. The lowest BCUT2D eigenvalue weighted by atomic mass is 9.99. The number of aryl methyl sites for hydroxylation is 1. The van der Waals surface area contributed by atoms with Crippen LogP contribution in [0.5, 0.6) is 0 Å². The number of fused-ring (bicyclic) bond motifs is 2. The first-order chi connectivity index (χ1) is 14.2. The zero-order valence-corrected chi connectivity index (χ0v) is 16.6. The Kier molecular flexibility index (Phi) is 4.41. The van der Waals surface area contributed by atoms with E-state index in [-0.39, 0.29) is 5.56 Å². The molecule has 0 amide bonds. The topological polar surface area (TPSA) is 78.6 Å². The van der Waals surface area contributed by atoms with Gasteiger partial charge in [0.2, 0.25) is 0 Å². The van der Waals surface area contributed by atoms with Gasteiger partial charge in [0, 0.05) is 11.6 Å². The van der Waals surface area contributed by atoms with Crippen LogP contribution in [-0.4, -0.2) is 43.7 Å². The molecule has 158 valence electrons. The molecule has 1 N–H and O–H groups in total. The second kappa shape index (κ2) is 6.78. The average molecular weight is 417 g/mol. The Morgan fingerprint density at radius 3 is 2.63 bits per heavy atom. The Bertz CT molecular complexity index is 1120. The van der Waals surface area contributed by atoms with Crippen LogP contribution >= 0.6 is 0 Å². The van der Waals surface area contributed by atoms with Gasteiger partial charge in [0.1, 0.15) is 36.4 Å². The number of hydrogen-bond acceptors (Lipinski definition) is 6. The van der Waals surface area contributed by atoms with E-state index in [0.29, 0.717) is 5.65 Å². The molecular weight excluding hydrogens is 396 g/mol. The molecule has 0 radical (unpaired) electrons. The molecule has 1 aromatic carbocycles. The molecule has 3 aromatic rings. The number of aliphatic hydroxyl groups is 1. The summed E-state index contributed by atoms with van der Waals surface area (Å²) in [5, 5.41) is 11.8. The summed E-state index contributed by atoms with van der Waals surface area (Å²) in [4.78, 5) is 8.58. The van der Waals surface area contributed by atoms with Gasteiger partial charge >= 0.3 is 0 Å². The van der Waals surface area contributed by atoms with Crippen molar-refractivity contribution < 1.29 is 28.1 Å². The van der Waals surface area contributed by atoms with Gasteiger partial charge in [-0.05, 0) is 44.5 Å². The third-order valence-corrected chi connectivity index (χ3v) is 5.64. The molecule has 9 heteroatoms. The minimum Gasteiger partial charge on any atom is -0.386 e. The van der Waals surface area contributed by atoms with E-state index in [9.17, 15) is 13.9 Å². The molecule has 0 unspecified atom stereocenters. The summed E-state index contributed by atoms with van der Waals surface area (Å²) in [6.07, 6.45) is -0.572. The standard InChI is InChI=1S/C21H21F2N3O4/c1-10-12-6-7-26(19(12)25-9-24-10)20-18-17(29-21(2,3)30-18)16(28-20)15(27)11-4-5-13(22)14(23)8-11/h4-9,15-18,20,27H,1-3H3/t15-,16-,17-,18-,20-/m1/s1. The molecule has 0 spiro atoms. The number of hydrogen-bond donors (Lipinski definition) is 1. The van der Waals surface area contributed by atoms with Crippen molar-refractivity contribution >= 4 is 11.0 Å². The van der Waals surface area contributed by atoms with E-state index in [1.54, 1.807) is 13.8 Å². The van der Waals surface area contributed by atoms with Crippen LogP contribution in [0.4, 0.5) is 8.78 Å². The molecule has 0 bridgehead atoms. The van der Waals surface area contributed by atoms with Crippen LogP contribution in [0.25, 0.3) is 11.0 Å². The maximum absolute atomic E-state index is 13.7. The Morgan fingerprint density at radius 1 is 1.10 bits per heavy atom. The fourth-order valence-corrected chi connectivity index (χ4v) is 4.27. The second-order valence-electron chi connectivity index (χ2n) is 8.09. The summed E-state index contributed by atoms with van der Waals surface area (Å²) in [6, 6.07) is 5.17. The van der Waals surface area contributed by atoms with Gasteiger partial charge in [-0.25, -0.2) is 18.7 Å². The minimum absolute atomic E-state index is 0.196. The first kappa shape index (κ1) is 19.5. The lowest BCUT2D eigenvalue weighted by molar-refractivity contribution is -0.207. The highest BCUT2D eigenvalue weighted by Gasteiger charge is 2.58. The van der Waals surface area contributed by atoms with Gasteiger partial charge in [-0.15, -0.1) is 0 Å². The van der Waals surface area contributed by atoms with Gasteiger partial charge < -0.3 is 23.9 Å². The molecule has 2 aliphatic rings. The van der Waals surface area contributed by atoms with Crippen molar-refractivity contribution in [3.8, 4) is 0 Å². The molecular formula is C21H21F2N3O4. The number of rotatable bonds is 3. The molecule has 2 fully saturated rings. The van der Waals surface area contributed by atoms with Crippen molar-refractivity contribution in [1.29, 1.82) is 0 Å². The van der Waals surface area contributed by atoms with Crippen LogP contribution in [0.3, 0.4) is 0 Å². The molecule has 2 saturated heterocycles. The number of aliphatic hydroxyl groups excluding tert-OH is 1. The monoisotopic (exact) mass is 417 g/mol. The summed E-state index contributed by atoms with van der Waals surface area (Å²) in [7, 11) is 0. The summed E-state index contributed by atoms with van der Waals surface area (Å²) in [5.41, 5.74) is 1.69. The van der Waals surface area contributed by atoms with Crippen molar-refractivity contribution in [1.82, 2.24) is 14.5 Å². The van der Waals surface area contributed by atoms with Gasteiger partial charge in [-0.2, -0.15) is 0 Å². The normalized spacial score (nSPS) is 28.7. The number of halogens is 2. The molecule has 0 aliphatic carbocycles. The van der Waals surface area contributed by atoms with E-state index in [1.165, 1.54) is 12.4 Å². The molecule has 5 atom stereocenters. The fraction of sp³-hybridized carbons (Fsp3) is 0.429. The van der Waals surface area contributed by atoms with E-state index in [2.05, 4.69) is 9.97 Å². The van der Waals surface area contributed by atoms with Crippen molar-refractivity contribution in [2.75, 3.05) is 0 Å². The van der Waals surface area contributed by atoms with Crippen LogP contribution in [0.1, 0.15) is 37.4 Å². The summed E-state index contributed by atoms with van der Waals surface area (Å²) in [6.45, 7) is 5.45. The third-order valence-electron chi connectivity index (χ3n) is 5.64. The Labute approximate surface area is 171 Å². The van der Waals surface area contributed by atoms with Gasteiger partial charge in [-0.3, -0.25) is 0 Å². The average Bonchev–Trinajstić information content (AvgIpc) is 3.34. The zero-order chi connectivity index (χ0) is 21.2. The molecule has 4 heterocycles. The van der Waals surface area contributed by atoms with Crippen molar-refractivity contribution in [2.24, 2.45) is 0 Å². The van der Waals surface area contributed by atoms with E-state index >= 15 is 0 Å². The lowest BCUT2D eigenvalue weighted by Gasteiger charge is -2.27. The number of ether oxygens (including phenoxy) is 3. The van der Waals surface area contributed by atoms with Crippen LogP contribution in [0.15, 0.2) is 36.8 Å². The second-order valence-corrected chi connectivity index (χ2v) is 8.09. The maximum atomic E-state index is 13.7. The van der Waals surface area contributed by atoms with Crippen molar-refractivity contribution in [2.45, 2.75) is 57.2 Å². The Morgan fingerprint density at radius 2 is 1.87 bits per heavy atom. The SMILES string of the molecule is Cc1ncnc2c1ccn2[C@@H]1O[C@H]([C@H](O)c2ccc(F)c(F)c2)[C@H]2OC(C)(C)O[C@H]21. The lowest BCUT2D eigenvalue weighted by Crippen LogP contribution is -2.34. The molecule has 2 aliphatic heterocycles. The predicted molar refractivity (Wildman–Crippen MR) is 101 cm³/mol. The van der Waals surface area contributed by atoms with Crippen LogP contribution in [0, 0.1) is 18.6 Å². The predicted octanol–water partition coefficient (Wildman–Crippen LogP) is 3.17. The van der Waals surface area contributed by atoms with Crippen LogP contribution < -0.4 is 0 Å². The van der Waals surface area contributed by atoms with Crippen molar-refractivity contribution in [3.63, 3.8) is 0 Å². The molecule has 30 heavy (non-hydrogen) atoms.